The van der Waals surface area contributed by atoms with Crippen LogP contribution in [0, 0.1) is 5.92 Å². The maximum Gasteiger partial charge on any atom is 0.378 e. The van der Waals surface area contributed by atoms with Crippen LogP contribution in [0.25, 0.3) is 0 Å². The summed E-state index contributed by atoms with van der Waals surface area (Å²) in [7, 11) is 5.20. The Morgan fingerprint density at radius 3 is 2.59 bits per heavy atom. The van der Waals surface area contributed by atoms with E-state index in [0.29, 0.717) is 12.8 Å². The third-order valence-corrected chi connectivity index (χ3v) is 9.74. The number of amides is 3. The highest BCUT2D eigenvalue weighted by atomic mass is 32.2. The lowest BCUT2D eigenvalue weighted by atomic mass is 9.90. The number of rotatable bonds is 13. The van der Waals surface area contributed by atoms with Crippen molar-refractivity contribution in [2.24, 2.45) is 16.9 Å². The van der Waals surface area contributed by atoms with Crippen LogP contribution in [0.2, 0.25) is 0 Å². The second-order valence-corrected chi connectivity index (χ2v) is 12.8. The number of hydrogen-bond acceptors (Lipinski definition) is 13. The topological polar surface area (TPSA) is 191 Å². The molecular formula is C24H32BN7O7S2. The van der Waals surface area contributed by atoms with E-state index in [9.17, 15) is 24.0 Å². The molecule has 3 amide bonds. The number of anilines is 1. The lowest BCUT2D eigenvalue weighted by Gasteiger charge is -2.40. The van der Waals surface area contributed by atoms with Crippen molar-refractivity contribution in [3.63, 3.8) is 0 Å². The molecule has 220 valence electrons. The van der Waals surface area contributed by atoms with Gasteiger partial charge in [0.2, 0.25) is 10.8 Å². The molecule has 17 heteroatoms. The minimum atomic E-state index is -1.61. The Morgan fingerprint density at radius 2 is 2.00 bits per heavy atom. The van der Waals surface area contributed by atoms with Gasteiger partial charge in [0.25, 0.3) is 0 Å². The first-order valence-electron chi connectivity index (χ1n) is 13.1. The van der Waals surface area contributed by atoms with Crippen LogP contribution in [0.3, 0.4) is 0 Å². The molecule has 41 heavy (non-hydrogen) atoms. The van der Waals surface area contributed by atoms with Crippen LogP contribution in [0.4, 0.5) is 9.93 Å². The molecule has 0 unspecified atom stereocenters. The number of ketones is 2. The number of hydrogen-bond donors (Lipinski definition) is 2. The van der Waals surface area contributed by atoms with Crippen LogP contribution in [-0.4, -0.2) is 98.5 Å². The number of oxime groups is 1. The van der Waals surface area contributed by atoms with Crippen LogP contribution in [0.1, 0.15) is 58.6 Å². The van der Waals surface area contributed by atoms with Gasteiger partial charge in [0.1, 0.15) is 5.69 Å². The highest BCUT2D eigenvalue weighted by Crippen LogP contribution is 2.53. The fourth-order valence-electron chi connectivity index (χ4n) is 4.90. The Hall–Kier alpha value is -3.18. The summed E-state index contributed by atoms with van der Waals surface area (Å²) in [5.41, 5.74) is 4.46. The van der Waals surface area contributed by atoms with Crippen molar-refractivity contribution in [2.75, 3.05) is 25.4 Å². The number of carbonyl (C=O) groups excluding carboxylic acids is 5. The van der Waals surface area contributed by atoms with Gasteiger partial charge in [-0.05, 0) is 20.3 Å². The summed E-state index contributed by atoms with van der Waals surface area (Å²) in [6.45, 7) is 5.32. The Morgan fingerprint density at radius 1 is 1.27 bits per heavy atom. The van der Waals surface area contributed by atoms with E-state index in [4.69, 9.17) is 24.5 Å². The molecular weight excluding hydrogens is 573 g/mol. The minimum Gasteiger partial charge on any atom is -0.541 e. The molecule has 0 saturated carbocycles. The van der Waals surface area contributed by atoms with E-state index in [0.717, 1.165) is 40.9 Å². The fourth-order valence-corrected chi connectivity index (χ4v) is 7.18. The summed E-state index contributed by atoms with van der Waals surface area (Å²) >= 11 is 2.11. The normalized spacial score (nSPS) is 24.4. The van der Waals surface area contributed by atoms with Gasteiger partial charge in [-0.1, -0.05) is 36.7 Å². The molecule has 14 nitrogen and oxygen atoms in total. The predicted octanol–water partition coefficient (Wildman–Crippen LogP) is 0.799. The summed E-state index contributed by atoms with van der Waals surface area (Å²) in [6.07, 6.45) is 2.59. The van der Waals surface area contributed by atoms with Gasteiger partial charge in [0.15, 0.2) is 28.0 Å². The molecule has 4 N–H and O–H groups in total. The van der Waals surface area contributed by atoms with Crippen LogP contribution < -0.4 is 11.6 Å². The van der Waals surface area contributed by atoms with Crippen molar-refractivity contribution in [3.05, 3.63) is 11.1 Å². The Bertz CT molecular complexity index is 1270. The van der Waals surface area contributed by atoms with E-state index in [1.54, 1.807) is 13.8 Å². The van der Waals surface area contributed by atoms with Crippen molar-refractivity contribution >= 4 is 71.5 Å². The molecule has 3 saturated heterocycles. The number of unbranched alkanes of at least 4 members (excludes halogenated alkanes) is 2. The summed E-state index contributed by atoms with van der Waals surface area (Å²) < 4.78 is 4.52. The van der Waals surface area contributed by atoms with Crippen molar-refractivity contribution < 1.29 is 33.5 Å². The van der Waals surface area contributed by atoms with Gasteiger partial charge < -0.3 is 20.1 Å². The molecule has 4 heterocycles. The lowest BCUT2D eigenvalue weighted by Crippen LogP contribution is -2.60. The van der Waals surface area contributed by atoms with Crippen LogP contribution in [0.15, 0.2) is 10.5 Å². The Kier molecular flexibility index (Phi) is 8.99. The Balaban J connectivity index is 1.53. The molecule has 1 aromatic rings. The van der Waals surface area contributed by atoms with Gasteiger partial charge in [0, 0.05) is 24.8 Å². The maximum absolute atomic E-state index is 13.5. The van der Waals surface area contributed by atoms with E-state index in [-0.39, 0.29) is 54.3 Å². The van der Waals surface area contributed by atoms with Gasteiger partial charge in [-0.15, -0.1) is 11.3 Å². The number of carbonyl (C=O) groups is 5. The zero-order valence-electron chi connectivity index (χ0n) is 23.0. The molecule has 0 bridgehead atoms. The van der Waals surface area contributed by atoms with E-state index in [2.05, 4.69) is 14.8 Å². The smallest absolute Gasteiger partial charge is 0.378 e. The predicted molar refractivity (Wildman–Crippen MR) is 151 cm³/mol. The summed E-state index contributed by atoms with van der Waals surface area (Å²) in [5, 5.41) is 6.11. The molecule has 0 aromatic carbocycles. The second-order valence-electron chi connectivity index (χ2n) is 10.5. The van der Waals surface area contributed by atoms with Crippen LogP contribution in [0.5, 0.6) is 0 Å². The summed E-state index contributed by atoms with van der Waals surface area (Å²) in [6, 6.07) is -0.606. The molecule has 3 aliphatic rings. The highest BCUT2D eigenvalue weighted by molar-refractivity contribution is 8.02. The van der Waals surface area contributed by atoms with Gasteiger partial charge >= 0.3 is 20.0 Å². The number of fused-ring (bicyclic) bond motifs is 1. The van der Waals surface area contributed by atoms with Crippen LogP contribution in [-0.2, 0) is 28.7 Å². The van der Waals surface area contributed by atoms with Crippen molar-refractivity contribution in [3.8, 4) is 0 Å². The number of nitrogens with two attached hydrogens (primary N) is 2. The molecule has 2 radical (unpaired) electrons. The molecule has 0 spiro atoms. The monoisotopic (exact) mass is 605 g/mol. The van der Waals surface area contributed by atoms with E-state index < -0.39 is 39.5 Å². The first-order valence-corrected chi connectivity index (χ1v) is 14.9. The number of nitrogen functional groups attached to an aromatic ring is 1. The number of β-lactam (4-membered cyclic amide) rings is 1. The number of thioether (sulfide) groups is 1. The average molecular weight is 606 g/mol. The summed E-state index contributed by atoms with van der Waals surface area (Å²) in [5.74, 6) is 2.85. The lowest BCUT2D eigenvalue weighted by molar-refractivity contribution is -0.153. The summed E-state index contributed by atoms with van der Waals surface area (Å²) in [4.78, 5) is 75.6. The van der Waals surface area contributed by atoms with Crippen molar-refractivity contribution in [1.82, 2.24) is 19.8 Å². The molecule has 3 atom stereocenters. The molecule has 4 rings (SSSR count). The van der Waals surface area contributed by atoms with Gasteiger partial charge in [-0.2, -0.15) is 0 Å². The maximum atomic E-state index is 13.5. The van der Waals surface area contributed by atoms with Crippen molar-refractivity contribution in [1.29, 1.82) is 0 Å². The average Bonchev–Trinajstić information content (AvgIpc) is 3.63. The van der Waals surface area contributed by atoms with E-state index >= 15 is 0 Å². The number of Topliss-reactive ketones (excluding diaryl/α,β-unsaturated/α-hetero) is 2. The number of aromatic nitrogens is 1. The molecule has 1 aromatic heterocycles. The van der Waals surface area contributed by atoms with E-state index in [1.807, 2.05) is 6.92 Å². The van der Waals surface area contributed by atoms with Gasteiger partial charge in [-0.3, -0.25) is 29.1 Å². The van der Waals surface area contributed by atoms with Gasteiger partial charge in [-0.25, -0.2) is 15.6 Å². The highest BCUT2D eigenvalue weighted by Gasteiger charge is 2.66. The SMILES string of the molecule is [B]OC(=O)[C@@]1(N2CCN(N)C2=O)CN2C(=O)[C@@H](CC(=O)/C(=N\OC(C)(C)C(=O)CCCCC)c3csc(N)n3)[C@H]2S1. The molecule has 0 aliphatic carbocycles. The number of thiazole rings is 1. The second kappa shape index (κ2) is 12.0. The molecule has 3 aliphatic heterocycles. The number of nitrogens with zero attached hydrogens (tertiary/aromatic N) is 5. The van der Waals surface area contributed by atoms with Gasteiger partial charge in [0.05, 0.1) is 24.4 Å². The first kappa shape index (κ1) is 30.8. The largest absolute Gasteiger partial charge is 0.541 e. The zero-order chi connectivity index (χ0) is 30.1. The fraction of sp³-hybridized carbons (Fsp3) is 0.625. The quantitative estimate of drug-likeness (QED) is 0.0615. The number of urea groups is 1. The zero-order valence-corrected chi connectivity index (χ0v) is 24.7. The third kappa shape index (κ3) is 5.79. The third-order valence-electron chi connectivity index (χ3n) is 7.33. The standard InChI is InChI=1S/C24H32BN7O7S2/c1-4-5-6-7-16(34)23(2,3)39-29-17(14-11-40-21(26)28-14)15(33)10-13-18(35)30-12-24(20(36)38-25,41-19(13)30)31-8-9-32(27)22(31)37/h11,13,19H,4-10,12,27H2,1-3H3,(H2,26,28)/b29-17-/t13-,19-,24-/m1/s1. The number of hydrazine groups is 1. The van der Waals surface area contributed by atoms with Crippen molar-refractivity contribution in [2.45, 2.75) is 68.7 Å². The first-order chi connectivity index (χ1) is 19.4. The molecule has 3 fully saturated rings. The van der Waals surface area contributed by atoms with E-state index in [1.165, 1.54) is 15.2 Å². The Labute approximate surface area is 246 Å². The van der Waals surface area contributed by atoms with Crippen LogP contribution >= 0.6 is 23.1 Å². The minimum absolute atomic E-state index is 0.127.